The minimum Gasteiger partial charge on any atom is -0.340 e. The lowest BCUT2D eigenvalue weighted by Crippen LogP contribution is -2.42. The molecule has 0 aliphatic heterocycles. The molecule has 0 radical (unpaired) electrons. The number of carbonyl (C=O) groups excluding carboxylic acids is 1. The van der Waals surface area contributed by atoms with Crippen LogP contribution in [0.15, 0.2) is 24.3 Å². The minimum absolute atomic E-state index is 0. The third-order valence-corrected chi connectivity index (χ3v) is 2.78. The predicted molar refractivity (Wildman–Crippen MR) is 77.6 cm³/mol. The van der Waals surface area contributed by atoms with E-state index >= 15 is 0 Å². The maximum Gasteiger partial charge on any atom is 0.239 e. The number of amides is 1. The second-order valence-electron chi connectivity index (χ2n) is 5.02. The SMILES string of the molecule is CC(C)CC(N)C(=O)N(C)Cc1ccccc1F.Cl. The van der Waals surface area contributed by atoms with E-state index < -0.39 is 6.04 Å². The molecule has 3 nitrogen and oxygen atoms in total. The van der Waals surface area contributed by atoms with E-state index in [-0.39, 0.29) is 30.7 Å². The first-order chi connectivity index (χ1) is 8.41. The van der Waals surface area contributed by atoms with Gasteiger partial charge >= 0.3 is 0 Å². The molecule has 5 heteroatoms. The Morgan fingerprint density at radius 2 is 1.95 bits per heavy atom. The molecule has 0 aromatic heterocycles. The number of likely N-dealkylation sites (N-methyl/N-ethyl adjacent to an activating group) is 1. The number of halogens is 2. The van der Waals surface area contributed by atoms with Gasteiger partial charge in [-0.15, -0.1) is 12.4 Å². The molecule has 0 fully saturated rings. The summed E-state index contributed by atoms with van der Waals surface area (Å²) >= 11 is 0. The highest BCUT2D eigenvalue weighted by Gasteiger charge is 2.19. The standard InChI is InChI=1S/C14H21FN2O.ClH/c1-10(2)8-13(16)14(18)17(3)9-11-6-4-5-7-12(11)15;/h4-7,10,13H,8-9,16H2,1-3H3;1H. The van der Waals surface area contributed by atoms with Crippen molar-refractivity contribution in [3.05, 3.63) is 35.6 Å². The number of hydrogen-bond donors (Lipinski definition) is 1. The van der Waals surface area contributed by atoms with Crippen LogP contribution in [0, 0.1) is 11.7 Å². The predicted octanol–water partition coefficient (Wildman–Crippen LogP) is 2.58. The summed E-state index contributed by atoms with van der Waals surface area (Å²) < 4.78 is 13.5. The fraction of sp³-hybridized carbons (Fsp3) is 0.500. The Hall–Kier alpha value is -1.13. The van der Waals surface area contributed by atoms with Crippen molar-refractivity contribution in [3.63, 3.8) is 0 Å². The molecule has 0 saturated heterocycles. The van der Waals surface area contributed by atoms with Crippen molar-refractivity contribution in [2.24, 2.45) is 11.7 Å². The Bertz CT molecular complexity index is 412. The second-order valence-corrected chi connectivity index (χ2v) is 5.02. The molecule has 1 amide bonds. The third kappa shape index (κ3) is 5.57. The van der Waals surface area contributed by atoms with Crippen LogP contribution in [-0.4, -0.2) is 23.9 Å². The number of carbonyl (C=O) groups is 1. The lowest BCUT2D eigenvalue weighted by atomic mass is 10.0. The van der Waals surface area contributed by atoms with Crippen LogP contribution in [0.3, 0.4) is 0 Å². The van der Waals surface area contributed by atoms with Gasteiger partial charge in [0.1, 0.15) is 5.82 Å². The van der Waals surface area contributed by atoms with E-state index in [9.17, 15) is 9.18 Å². The average Bonchev–Trinajstić information content (AvgIpc) is 2.30. The summed E-state index contributed by atoms with van der Waals surface area (Å²) in [5.41, 5.74) is 6.33. The molecule has 0 saturated carbocycles. The molecule has 108 valence electrons. The van der Waals surface area contributed by atoms with Crippen molar-refractivity contribution in [2.75, 3.05) is 7.05 Å². The molecule has 0 spiro atoms. The van der Waals surface area contributed by atoms with Crippen molar-refractivity contribution in [3.8, 4) is 0 Å². The van der Waals surface area contributed by atoms with Crippen LogP contribution < -0.4 is 5.73 Å². The van der Waals surface area contributed by atoms with Gasteiger partial charge in [-0.2, -0.15) is 0 Å². The quantitative estimate of drug-likeness (QED) is 0.905. The molecule has 19 heavy (non-hydrogen) atoms. The molecule has 0 aliphatic carbocycles. The molecule has 2 N–H and O–H groups in total. The van der Waals surface area contributed by atoms with Crippen molar-refractivity contribution in [1.82, 2.24) is 4.90 Å². The summed E-state index contributed by atoms with van der Waals surface area (Å²) in [5.74, 6) is -0.0765. The van der Waals surface area contributed by atoms with E-state index in [4.69, 9.17) is 5.73 Å². The van der Waals surface area contributed by atoms with Gasteiger partial charge in [0, 0.05) is 19.2 Å². The van der Waals surface area contributed by atoms with Crippen LogP contribution >= 0.6 is 12.4 Å². The van der Waals surface area contributed by atoms with E-state index in [2.05, 4.69) is 0 Å². The Morgan fingerprint density at radius 1 is 1.37 bits per heavy atom. The van der Waals surface area contributed by atoms with Crippen molar-refractivity contribution in [2.45, 2.75) is 32.9 Å². The van der Waals surface area contributed by atoms with E-state index in [1.165, 1.54) is 11.0 Å². The van der Waals surface area contributed by atoms with Gasteiger partial charge in [-0.25, -0.2) is 4.39 Å². The largest absolute Gasteiger partial charge is 0.340 e. The number of rotatable bonds is 5. The number of nitrogens with two attached hydrogens (primary N) is 1. The van der Waals surface area contributed by atoms with Crippen LogP contribution in [0.1, 0.15) is 25.8 Å². The second kappa shape index (κ2) is 8.12. The Balaban J connectivity index is 0.00000324. The zero-order valence-electron chi connectivity index (χ0n) is 11.6. The lowest BCUT2D eigenvalue weighted by molar-refractivity contribution is -0.132. The molecule has 1 unspecified atom stereocenters. The van der Waals surface area contributed by atoms with Gasteiger partial charge in [0.2, 0.25) is 5.91 Å². The summed E-state index contributed by atoms with van der Waals surface area (Å²) in [4.78, 5) is 13.5. The molecule has 1 rings (SSSR count). The smallest absolute Gasteiger partial charge is 0.239 e. The third-order valence-electron chi connectivity index (χ3n) is 2.78. The van der Waals surface area contributed by atoms with E-state index in [1.54, 1.807) is 25.2 Å². The summed E-state index contributed by atoms with van der Waals surface area (Å²) in [5, 5.41) is 0. The first-order valence-corrected chi connectivity index (χ1v) is 6.15. The molecule has 1 aromatic rings. The van der Waals surface area contributed by atoms with Gasteiger partial charge in [-0.3, -0.25) is 4.79 Å². The van der Waals surface area contributed by atoms with Crippen molar-refractivity contribution in [1.29, 1.82) is 0 Å². The molecule has 0 heterocycles. The highest BCUT2D eigenvalue weighted by atomic mass is 35.5. The van der Waals surface area contributed by atoms with E-state index in [0.29, 0.717) is 17.9 Å². The van der Waals surface area contributed by atoms with Gasteiger partial charge < -0.3 is 10.6 Å². The first kappa shape index (κ1) is 17.9. The van der Waals surface area contributed by atoms with E-state index in [1.807, 2.05) is 13.8 Å². The summed E-state index contributed by atoms with van der Waals surface area (Å²) in [6.07, 6.45) is 0.639. The minimum atomic E-state index is -0.512. The fourth-order valence-corrected chi connectivity index (χ4v) is 1.85. The van der Waals surface area contributed by atoms with Crippen LogP contribution in [0.4, 0.5) is 4.39 Å². The van der Waals surface area contributed by atoms with Crippen molar-refractivity contribution >= 4 is 18.3 Å². The van der Waals surface area contributed by atoms with Crippen LogP contribution in [-0.2, 0) is 11.3 Å². The van der Waals surface area contributed by atoms with Crippen molar-refractivity contribution < 1.29 is 9.18 Å². The number of nitrogens with zero attached hydrogens (tertiary/aromatic N) is 1. The molecule has 0 bridgehead atoms. The Morgan fingerprint density at radius 3 is 2.47 bits per heavy atom. The first-order valence-electron chi connectivity index (χ1n) is 6.15. The topological polar surface area (TPSA) is 46.3 Å². The summed E-state index contributed by atoms with van der Waals surface area (Å²) in [6, 6.07) is 5.94. The molecule has 0 aliphatic rings. The zero-order valence-corrected chi connectivity index (χ0v) is 12.4. The summed E-state index contributed by atoms with van der Waals surface area (Å²) in [7, 11) is 1.65. The maximum atomic E-state index is 13.5. The maximum absolute atomic E-state index is 13.5. The highest BCUT2D eigenvalue weighted by molar-refractivity contribution is 5.85. The average molecular weight is 289 g/mol. The van der Waals surface area contributed by atoms with Crippen LogP contribution in [0.25, 0.3) is 0 Å². The normalized spacial score (nSPS) is 11.9. The zero-order chi connectivity index (χ0) is 13.7. The fourth-order valence-electron chi connectivity index (χ4n) is 1.85. The van der Waals surface area contributed by atoms with E-state index in [0.717, 1.165) is 0 Å². The molecular weight excluding hydrogens is 267 g/mol. The molecule has 1 atom stereocenters. The molecule has 1 aromatic carbocycles. The monoisotopic (exact) mass is 288 g/mol. The summed E-state index contributed by atoms with van der Waals surface area (Å²) in [6.45, 7) is 4.28. The van der Waals surface area contributed by atoms with Gasteiger partial charge in [0.25, 0.3) is 0 Å². The molecular formula is C14H22ClFN2O. The lowest BCUT2D eigenvalue weighted by Gasteiger charge is -2.22. The van der Waals surface area contributed by atoms with Gasteiger partial charge in [-0.05, 0) is 18.4 Å². The van der Waals surface area contributed by atoms with Gasteiger partial charge in [0.15, 0.2) is 0 Å². The van der Waals surface area contributed by atoms with Gasteiger partial charge in [-0.1, -0.05) is 32.0 Å². The Kier molecular flexibility index (Phi) is 7.64. The highest BCUT2D eigenvalue weighted by Crippen LogP contribution is 2.11. The van der Waals surface area contributed by atoms with Crippen LogP contribution in [0.2, 0.25) is 0 Å². The van der Waals surface area contributed by atoms with Gasteiger partial charge in [0.05, 0.1) is 6.04 Å². The van der Waals surface area contributed by atoms with Crippen LogP contribution in [0.5, 0.6) is 0 Å². The number of hydrogen-bond acceptors (Lipinski definition) is 2. The number of benzene rings is 1. The Labute approximate surface area is 120 Å².